The molecule has 2 aliphatic rings. The van der Waals surface area contributed by atoms with Crippen LogP contribution in [0.1, 0.15) is 31.2 Å². The molecule has 1 heterocycles. The number of benzene rings is 1. The Morgan fingerprint density at radius 3 is 2.61 bits per heavy atom. The fourth-order valence-corrected chi connectivity index (χ4v) is 3.01. The van der Waals surface area contributed by atoms with Crippen molar-refractivity contribution in [1.82, 2.24) is 4.90 Å². The minimum absolute atomic E-state index is 0.161. The van der Waals surface area contributed by atoms with Gasteiger partial charge in [-0.1, -0.05) is 30.3 Å². The summed E-state index contributed by atoms with van der Waals surface area (Å²) in [6.07, 6.45) is 4.06. The Labute approximate surface area is 108 Å². The molecule has 1 aromatic rings. The van der Waals surface area contributed by atoms with Crippen molar-refractivity contribution in [3.05, 3.63) is 35.9 Å². The summed E-state index contributed by atoms with van der Waals surface area (Å²) in [6, 6.07) is 10.4. The number of piperidine rings is 1. The van der Waals surface area contributed by atoms with Gasteiger partial charge in [0.25, 0.3) is 0 Å². The highest BCUT2D eigenvalue weighted by Gasteiger charge is 2.53. The van der Waals surface area contributed by atoms with Crippen LogP contribution >= 0.6 is 0 Å². The summed E-state index contributed by atoms with van der Waals surface area (Å²) in [7, 11) is 0. The van der Waals surface area contributed by atoms with Crippen molar-refractivity contribution in [2.45, 2.75) is 37.1 Å². The van der Waals surface area contributed by atoms with Gasteiger partial charge in [0.05, 0.1) is 5.41 Å². The van der Waals surface area contributed by atoms with Gasteiger partial charge in [-0.2, -0.15) is 0 Å². The van der Waals surface area contributed by atoms with Gasteiger partial charge in [-0.15, -0.1) is 0 Å². The molecule has 0 bridgehead atoms. The highest BCUT2D eigenvalue weighted by Crippen LogP contribution is 2.49. The normalized spacial score (nSPS) is 25.8. The van der Waals surface area contributed by atoms with E-state index in [0.717, 1.165) is 38.8 Å². The van der Waals surface area contributed by atoms with Crippen LogP contribution in [-0.2, 0) is 10.2 Å². The summed E-state index contributed by atoms with van der Waals surface area (Å²) in [4.78, 5) is 14.7. The second kappa shape index (κ2) is 4.39. The second-order valence-electron chi connectivity index (χ2n) is 5.60. The Morgan fingerprint density at radius 1 is 1.28 bits per heavy atom. The van der Waals surface area contributed by atoms with Crippen LogP contribution in [0.3, 0.4) is 0 Å². The Bertz CT molecular complexity index is 439. The van der Waals surface area contributed by atoms with E-state index in [2.05, 4.69) is 12.1 Å². The fraction of sp³-hybridized carbons (Fsp3) is 0.533. The Hall–Kier alpha value is -1.35. The van der Waals surface area contributed by atoms with Crippen LogP contribution in [0.4, 0.5) is 0 Å². The molecule has 0 unspecified atom stereocenters. The monoisotopic (exact) mass is 244 g/mol. The van der Waals surface area contributed by atoms with Crippen LogP contribution in [0.25, 0.3) is 0 Å². The summed E-state index contributed by atoms with van der Waals surface area (Å²) >= 11 is 0. The summed E-state index contributed by atoms with van der Waals surface area (Å²) in [6.45, 7) is 1.61. The lowest BCUT2D eigenvalue weighted by Crippen LogP contribution is -2.49. The van der Waals surface area contributed by atoms with Gasteiger partial charge in [0.15, 0.2) is 0 Å². The number of carbonyl (C=O) groups excluding carboxylic acids is 1. The standard InChI is InChI=1S/C15H20N2O/c16-13-7-4-10-17(11-13)14(18)15(8-9-15)12-5-2-1-3-6-12/h1-3,5-6,13H,4,7-11,16H2/t13-/m0/s1. The van der Waals surface area contributed by atoms with Crippen LogP contribution < -0.4 is 5.73 Å². The van der Waals surface area contributed by atoms with Crippen molar-refractivity contribution in [3.63, 3.8) is 0 Å². The lowest BCUT2D eigenvalue weighted by Gasteiger charge is -2.33. The molecule has 2 fully saturated rings. The molecule has 3 heteroatoms. The van der Waals surface area contributed by atoms with Crippen molar-refractivity contribution in [1.29, 1.82) is 0 Å². The maximum Gasteiger partial charge on any atom is 0.233 e. The molecule has 1 saturated heterocycles. The topological polar surface area (TPSA) is 46.3 Å². The van der Waals surface area contributed by atoms with Gasteiger partial charge in [-0.25, -0.2) is 0 Å². The summed E-state index contributed by atoms with van der Waals surface area (Å²) in [5, 5.41) is 0. The van der Waals surface area contributed by atoms with E-state index in [0.29, 0.717) is 5.91 Å². The number of amides is 1. The van der Waals surface area contributed by atoms with Crippen LogP contribution in [-0.4, -0.2) is 29.9 Å². The van der Waals surface area contributed by atoms with Crippen molar-refractivity contribution >= 4 is 5.91 Å². The molecule has 1 amide bonds. The SMILES string of the molecule is N[C@H]1CCCN(C(=O)C2(c3ccccc3)CC2)C1. The Morgan fingerprint density at radius 2 is 2.00 bits per heavy atom. The van der Waals surface area contributed by atoms with E-state index in [9.17, 15) is 4.79 Å². The second-order valence-corrected chi connectivity index (χ2v) is 5.60. The van der Waals surface area contributed by atoms with E-state index in [1.54, 1.807) is 0 Å². The average molecular weight is 244 g/mol. The van der Waals surface area contributed by atoms with Crippen LogP contribution in [0.15, 0.2) is 30.3 Å². The van der Waals surface area contributed by atoms with Crippen LogP contribution in [0.2, 0.25) is 0 Å². The predicted molar refractivity (Wildman–Crippen MR) is 71.1 cm³/mol. The lowest BCUT2D eigenvalue weighted by atomic mass is 9.93. The van der Waals surface area contributed by atoms with Gasteiger partial charge >= 0.3 is 0 Å². The van der Waals surface area contributed by atoms with Gasteiger partial charge in [-0.05, 0) is 31.2 Å². The number of hydrogen-bond acceptors (Lipinski definition) is 2. The minimum Gasteiger partial charge on any atom is -0.340 e. The van der Waals surface area contributed by atoms with E-state index in [-0.39, 0.29) is 11.5 Å². The third kappa shape index (κ3) is 1.93. The molecule has 3 nitrogen and oxygen atoms in total. The molecule has 1 saturated carbocycles. The molecule has 0 radical (unpaired) electrons. The number of nitrogens with two attached hydrogens (primary N) is 1. The Kier molecular flexibility index (Phi) is 2.86. The van der Waals surface area contributed by atoms with Crippen molar-refractivity contribution in [2.24, 2.45) is 5.73 Å². The van der Waals surface area contributed by atoms with E-state index in [4.69, 9.17) is 5.73 Å². The third-order valence-electron chi connectivity index (χ3n) is 4.23. The molecule has 0 aromatic heterocycles. The van der Waals surface area contributed by atoms with Gasteiger partial charge in [0.2, 0.25) is 5.91 Å². The van der Waals surface area contributed by atoms with Crippen LogP contribution in [0, 0.1) is 0 Å². The molecule has 18 heavy (non-hydrogen) atoms. The minimum atomic E-state index is -0.224. The zero-order chi connectivity index (χ0) is 12.6. The zero-order valence-electron chi connectivity index (χ0n) is 10.6. The maximum atomic E-state index is 12.7. The predicted octanol–water partition coefficient (Wildman–Crippen LogP) is 1.67. The Balaban J connectivity index is 1.80. The van der Waals surface area contributed by atoms with Gasteiger partial charge in [0, 0.05) is 19.1 Å². The van der Waals surface area contributed by atoms with Crippen molar-refractivity contribution in [3.8, 4) is 0 Å². The van der Waals surface area contributed by atoms with E-state index < -0.39 is 0 Å². The zero-order valence-corrected chi connectivity index (χ0v) is 10.6. The number of rotatable bonds is 2. The molecule has 1 atom stereocenters. The number of nitrogens with zero attached hydrogens (tertiary/aromatic N) is 1. The van der Waals surface area contributed by atoms with E-state index in [1.165, 1.54) is 5.56 Å². The van der Waals surface area contributed by atoms with E-state index >= 15 is 0 Å². The summed E-state index contributed by atoms with van der Waals surface area (Å²) in [5.74, 6) is 0.295. The molecule has 1 aliphatic heterocycles. The average Bonchev–Trinajstić information content (AvgIpc) is 3.20. The summed E-state index contributed by atoms with van der Waals surface area (Å²) < 4.78 is 0. The fourth-order valence-electron chi connectivity index (χ4n) is 3.01. The molecule has 2 N–H and O–H groups in total. The quantitative estimate of drug-likeness (QED) is 0.860. The molecule has 0 spiro atoms. The number of carbonyl (C=O) groups is 1. The van der Waals surface area contributed by atoms with Crippen molar-refractivity contribution < 1.29 is 4.79 Å². The largest absolute Gasteiger partial charge is 0.340 e. The molecule has 3 rings (SSSR count). The number of likely N-dealkylation sites (tertiary alicyclic amines) is 1. The molecule has 1 aliphatic carbocycles. The first-order chi connectivity index (χ1) is 8.72. The third-order valence-corrected chi connectivity index (χ3v) is 4.23. The lowest BCUT2D eigenvalue weighted by molar-refractivity contribution is -0.135. The first-order valence-corrected chi connectivity index (χ1v) is 6.83. The number of hydrogen-bond donors (Lipinski definition) is 1. The van der Waals surface area contributed by atoms with Crippen molar-refractivity contribution in [2.75, 3.05) is 13.1 Å². The van der Waals surface area contributed by atoms with Crippen LogP contribution in [0.5, 0.6) is 0 Å². The molecular weight excluding hydrogens is 224 g/mol. The van der Waals surface area contributed by atoms with E-state index in [1.807, 2.05) is 23.1 Å². The van der Waals surface area contributed by atoms with Gasteiger partial charge in [0.1, 0.15) is 0 Å². The van der Waals surface area contributed by atoms with Gasteiger partial charge < -0.3 is 10.6 Å². The first-order valence-electron chi connectivity index (χ1n) is 6.83. The molecule has 1 aromatic carbocycles. The smallest absolute Gasteiger partial charge is 0.233 e. The van der Waals surface area contributed by atoms with Gasteiger partial charge in [-0.3, -0.25) is 4.79 Å². The first kappa shape index (κ1) is 11.7. The highest BCUT2D eigenvalue weighted by atomic mass is 16.2. The molecular formula is C15H20N2O. The molecule has 96 valence electrons. The maximum absolute atomic E-state index is 12.7. The summed E-state index contributed by atoms with van der Waals surface area (Å²) in [5.41, 5.74) is 6.92. The highest BCUT2D eigenvalue weighted by molar-refractivity contribution is 5.91.